The number of carbonyl (C=O) groups excluding carboxylic acids is 1. The number of anilines is 1. The maximum absolute atomic E-state index is 12.8. The molecule has 0 radical (unpaired) electrons. The fourth-order valence-electron chi connectivity index (χ4n) is 4.51. The minimum Gasteiger partial charge on any atom is -0.486 e. The number of ether oxygens (including phenoxy) is 2. The Hall–Kier alpha value is -2.36. The van der Waals surface area contributed by atoms with Crippen LogP contribution >= 0.6 is 11.3 Å². The number of aromatic nitrogens is 1. The molecule has 1 amide bonds. The number of hydrogen-bond acceptors (Lipinski definition) is 8. The third-order valence-electron chi connectivity index (χ3n) is 6.68. The zero-order chi connectivity index (χ0) is 22.1. The number of fused-ring (bicyclic) bond motifs is 1. The normalized spacial score (nSPS) is 20.9. The Morgan fingerprint density at radius 2 is 1.72 bits per heavy atom. The highest BCUT2D eigenvalue weighted by molar-refractivity contribution is 7.17. The molecule has 1 aromatic heterocycles. The molecule has 5 rings (SSSR count). The number of thiazole rings is 1. The van der Waals surface area contributed by atoms with Crippen molar-refractivity contribution in [2.24, 2.45) is 0 Å². The van der Waals surface area contributed by atoms with Crippen molar-refractivity contribution in [2.75, 3.05) is 77.5 Å². The number of nitrogens with zero attached hydrogens (tertiary/aromatic N) is 5. The number of benzene rings is 1. The Bertz CT molecular complexity index is 951. The van der Waals surface area contributed by atoms with Gasteiger partial charge in [-0.2, -0.15) is 0 Å². The maximum atomic E-state index is 12.8. The molecule has 3 aliphatic heterocycles. The van der Waals surface area contributed by atoms with Crippen LogP contribution in [0, 0.1) is 0 Å². The Kier molecular flexibility index (Phi) is 6.21. The van der Waals surface area contributed by atoms with Gasteiger partial charge in [-0.05, 0) is 31.7 Å². The standard InChI is InChI=1S/C23H31N5O3S/c1-17(18-3-4-19-20(15-18)31-14-13-30-19)26-9-11-28(12-10-26)23-24-16-21(32-23)22(29)27-7-5-25(2)6-8-27/h3-4,15-17H,5-14H2,1-2H3/t17-/m0/s1. The Morgan fingerprint density at radius 3 is 2.47 bits per heavy atom. The smallest absolute Gasteiger partial charge is 0.265 e. The van der Waals surface area contributed by atoms with E-state index in [2.05, 4.69) is 45.8 Å². The van der Waals surface area contributed by atoms with Gasteiger partial charge in [-0.15, -0.1) is 0 Å². The van der Waals surface area contributed by atoms with Crippen LogP contribution in [0.25, 0.3) is 0 Å². The van der Waals surface area contributed by atoms with Crippen molar-refractivity contribution < 1.29 is 14.3 Å². The molecule has 0 saturated carbocycles. The minimum absolute atomic E-state index is 0.118. The van der Waals surface area contributed by atoms with Gasteiger partial charge >= 0.3 is 0 Å². The van der Waals surface area contributed by atoms with Crippen LogP contribution in [0.15, 0.2) is 24.4 Å². The molecule has 0 N–H and O–H groups in total. The van der Waals surface area contributed by atoms with Crippen molar-refractivity contribution in [1.29, 1.82) is 0 Å². The van der Waals surface area contributed by atoms with E-state index in [0.717, 1.165) is 73.9 Å². The molecular formula is C23H31N5O3S. The Morgan fingerprint density at radius 1 is 1.00 bits per heavy atom. The van der Waals surface area contributed by atoms with Crippen LogP contribution < -0.4 is 14.4 Å². The summed E-state index contributed by atoms with van der Waals surface area (Å²) in [7, 11) is 2.10. The number of rotatable bonds is 4. The van der Waals surface area contributed by atoms with Gasteiger partial charge in [-0.3, -0.25) is 9.69 Å². The van der Waals surface area contributed by atoms with E-state index in [1.54, 1.807) is 6.20 Å². The molecule has 0 aliphatic carbocycles. The van der Waals surface area contributed by atoms with Crippen LogP contribution in [0.3, 0.4) is 0 Å². The predicted octanol–water partition coefficient (Wildman–Crippen LogP) is 2.19. The summed E-state index contributed by atoms with van der Waals surface area (Å²) in [6, 6.07) is 6.58. The first-order chi connectivity index (χ1) is 15.6. The summed E-state index contributed by atoms with van der Waals surface area (Å²) in [6.45, 7) is 10.6. The summed E-state index contributed by atoms with van der Waals surface area (Å²) < 4.78 is 11.4. The molecular weight excluding hydrogens is 426 g/mol. The second-order valence-corrected chi connectivity index (χ2v) is 9.71. The van der Waals surface area contributed by atoms with E-state index in [0.29, 0.717) is 19.3 Å². The highest BCUT2D eigenvalue weighted by atomic mass is 32.1. The van der Waals surface area contributed by atoms with Crippen molar-refractivity contribution in [3.05, 3.63) is 34.8 Å². The Balaban J connectivity index is 1.18. The number of likely N-dealkylation sites (N-methyl/N-ethyl adjacent to an activating group) is 1. The van der Waals surface area contributed by atoms with Gasteiger partial charge < -0.3 is 24.2 Å². The van der Waals surface area contributed by atoms with Crippen molar-refractivity contribution in [1.82, 2.24) is 19.7 Å². The summed E-state index contributed by atoms with van der Waals surface area (Å²) in [5.74, 6) is 1.80. The van der Waals surface area contributed by atoms with Gasteiger partial charge in [0.15, 0.2) is 16.6 Å². The molecule has 0 bridgehead atoms. The molecule has 3 aliphatic rings. The van der Waals surface area contributed by atoms with E-state index >= 15 is 0 Å². The first-order valence-corrected chi connectivity index (χ1v) is 12.2. The second-order valence-electron chi connectivity index (χ2n) is 8.70. The zero-order valence-electron chi connectivity index (χ0n) is 18.8. The van der Waals surface area contributed by atoms with Crippen molar-refractivity contribution in [3.63, 3.8) is 0 Å². The number of piperazine rings is 2. The van der Waals surface area contributed by atoms with E-state index in [-0.39, 0.29) is 5.91 Å². The molecule has 0 unspecified atom stereocenters. The topological polar surface area (TPSA) is 61.4 Å². The van der Waals surface area contributed by atoms with Crippen LogP contribution in [0.1, 0.15) is 28.2 Å². The Labute approximate surface area is 193 Å². The molecule has 9 heteroatoms. The molecule has 8 nitrogen and oxygen atoms in total. The third kappa shape index (κ3) is 4.42. The lowest BCUT2D eigenvalue weighted by atomic mass is 10.1. The zero-order valence-corrected chi connectivity index (χ0v) is 19.6. The number of amides is 1. The highest BCUT2D eigenvalue weighted by Gasteiger charge is 2.27. The number of carbonyl (C=O) groups is 1. The first-order valence-electron chi connectivity index (χ1n) is 11.4. The summed E-state index contributed by atoms with van der Waals surface area (Å²) >= 11 is 1.52. The number of hydrogen-bond donors (Lipinski definition) is 0. The van der Waals surface area contributed by atoms with Gasteiger partial charge in [0.25, 0.3) is 5.91 Å². The molecule has 32 heavy (non-hydrogen) atoms. The lowest BCUT2D eigenvalue weighted by Gasteiger charge is -2.38. The maximum Gasteiger partial charge on any atom is 0.265 e. The second kappa shape index (κ2) is 9.25. The van der Waals surface area contributed by atoms with Crippen LogP contribution in [-0.4, -0.2) is 98.2 Å². The monoisotopic (exact) mass is 457 g/mol. The molecule has 1 atom stereocenters. The van der Waals surface area contributed by atoms with E-state index < -0.39 is 0 Å². The lowest BCUT2D eigenvalue weighted by Crippen LogP contribution is -2.47. The van der Waals surface area contributed by atoms with Gasteiger partial charge in [0, 0.05) is 58.4 Å². The average molecular weight is 458 g/mol. The van der Waals surface area contributed by atoms with Gasteiger partial charge in [-0.1, -0.05) is 17.4 Å². The SMILES string of the molecule is C[C@@H](c1ccc2c(c1)OCCO2)N1CCN(c2ncc(C(=O)N3CCN(C)CC3)s2)CC1. The predicted molar refractivity (Wildman–Crippen MR) is 125 cm³/mol. The fraction of sp³-hybridized carbons (Fsp3) is 0.565. The third-order valence-corrected chi connectivity index (χ3v) is 7.72. The molecule has 1 aromatic carbocycles. The van der Waals surface area contributed by atoms with Crippen molar-refractivity contribution >= 4 is 22.4 Å². The largest absolute Gasteiger partial charge is 0.486 e. The van der Waals surface area contributed by atoms with E-state index in [9.17, 15) is 4.79 Å². The quantitative estimate of drug-likeness (QED) is 0.697. The summed E-state index contributed by atoms with van der Waals surface area (Å²) in [5.41, 5.74) is 1.25. The van der Waals surface area contributed by atoms with E-state index in [1.165, 1.54) is 16.9 Å². The summed E-state index contributed by atoms with van der Waals surface area (Å²) in [4.78, 5) is 27.2. The summed E-state index contributed by atoms with van der Waals surface area (Å²) in [6.07, 6.45) is 1.75. The van der Waals surface area contributed by atoms with Crippen LogP contribution in [0.2, 0.25) is 0 Å². The first kappa shape index (κ1) is 21.5. The van der Waals surface area contributed by atoms with Crippen molar-refractivity contribution in [2.45, 2.75) is 13.0 Å². The molecule has 0 spiro atoms. The lowest BCUT2D eigenvalue weighted by molar-refractivity contribution is 0.0668. The molecule has 2 aromatic rings. The summed E-state index contributed by atoms with van der Waals surface area (Å²) in [5, 5.41) is 0.953. The van der Waals surface area contributed by atoms with E-state index in [4.69, 9.17) is 9.47 Å². The van der Waals surface area contributed by atoms with Gasteiger partial charge in [0.2, 0.25) is 0 Å². The molecule has 2 fully saturated rings. The fourth-order valence-corrected chi connectivity index (χ4v) is 5.44. The molecule has 172 valence electrons. The molecule has 2 saturated heterocycles. The van der Waals surface area contributed by atoms with Gasteiger partial charge in [-0.25, -0.2) is 4.98 Å². The molecule has 4 heterocycles. The van der Waals surface area contributed by atoms with E-state index in [1.807, 2.05) is 11.0 Å². The highest BCUT2D eigenvalue weighted by Crippen LogP contribution is 2.34. The van der Waals surface area contributed by atoms with Crippen LogP contribution in [0.4, 0.5) is 5.13 Å². The van der Waals surface area contributed by atoms with Gasteiger partial charge in [0.05, 0.1) is 6.20 Å². The average Bonchev–Trinajstić information content (AvgIpc) is 3.34. The van der Waals surface area contributed by atoms with Gasteiger partial charge in [0.1, 0.15) is 18.1 Å². The minimum atomic E-state index is 0.118. The van der Waals surface area contributed by atoms with Crippen LogP contribution in [-0.2, 0) is 0 Å². The van der Waals surface area contributed by atoms with Crippen molar-refractivity contribution in [3.8, 4) is 11.5 Å². The van der Waals surface area contributed by atoms with Crippen LogP contribution in [0.5, 0.6) is 11.5 Å².